The molecule has 0 aromatic carbocycles. The normalized spacial score (nSPS) is 15.7. The summed E-state index contributed by atoms with van der Waals surface area (Å²) in [6.45, 7) is 3.29. The summed E-state index contributed by atoms with van der Waals surface area (Å²) in [4.78, 5) is 7.27. The number of hydrogen-bond acceptors (Lipinski definition) is 4. The van der Waals surface area contributed by atoms with E-state index >= 15 is 0 Å². The van der Waals surface area contributed by atoms with Gasteiger partial charge in [0.15, 0.2) is 0 Å². The van der Waals surface area contributed by atoms with Gasteiger partial charge in [-0.3, -0.25) is 4.98 Å². The highest BCUT2D eigenvalue weighted by atomic mass is 32.1. The number of ether oxygens (including phenoxy) is 2. The molecule has 0 radical (unpaired) electrons. The van der Waals surface area contributed by atoms with E-state index in [2.05, 4.69) is 9.88 Å². The first-order valence-corrected chi connectivity index (χ1v) is 6.04. The molecule has 0 atom stereocenters. The second-order valence-electron chi connectivity index (χ2n) is 3.90. The average Bonchev–Trinajstić information content (AvgIpc) is 2.40. The second kappa shape index (κ2) is 5.93. The van der Waals surface area contributed by atoms with Gasteiger partial charge in [0, 0.05) is 25.7 Å². The van der Waals surface area contributed by atoms with Crippen molar-refractivity contribution in [3.8, 4) is 5.75 Å². The molecule has 1 aromatic rings. The van der Waals surface area contributed by atoms with E-state index in [-0.39, 0.29) is 0 Å². The molecule has 0 saturated carbocycles. The smallest absolute Gasteiger partial charge is 0.137 e. The molecule has 1 saturated heterocycles. The Morgan fingerprint density at radius 2 is 2.24 bits per heavy atom. The molecule has 1 aliphatic rings. The summed E-state index contributed by atoms with van der Waals surface area (Å²) >= 11 is 5.44. The molecule has 0 amide bonds. The first-order chi connectivity index (χ1) is 8.29. The minimum atomic E-state index is 0.736. The molecule has 0 bridgehead atoms. The molecular formula is C12H16N2O2S. The third-order valence-corrected chi connectivity index (χ3v) is 3.13. The lowest BCUT2D eigenvalue weighted by molar-refractivity contribution is 0.0684. The topological polar surface area (TPSA) is 34.6 Å². The fourth-order valence-electron chi connectivity index (χ4n) is 1.77. The van der Waals surface area contributed by atoms with Crippen molar-refractivity contribution in [3.63, 3.8) is 0 Å². The summed E-state index contributed by atoms with van der Waals surface area (Å²) in [5.74, 6) is 0.771. The van der Waals surface area contributed by atoms with Gasteiger partial charge in [0.25, 0.3) is 0 Å². The lowest BCUT2D eigenvalue weighted by Gasteiger charge is -2.29. The van der Waals surface area contributed by atoms with Crippen molar-refractivity contribution >= 4 is 17.2 Å². The highest BCUT2D eigenvalue weighted by Crippen LogP contribution is 2.12. The van der Waals surface area contributed by atoms with Gasteiger partial charge in [0.1, 0.15) is 5.75 Å². The van der Waals surface area contributed by atoms with Gasteiger partial charge in [-0.1, -0.05) is 12.2 Å². The molecule has 0 N–H and O–H groups in total. The van der Waals surface area contributed by atoms with Crippen LogP contribution in [0.3, 0.4) is 0 Å². The van der Waals surface area contributed by atoms with E-state index in [4.69, 9.17) is 21.7 Å². The van der Waals surface area contributed by atoms with Gasteiger partial charge in [-0.15, -0.1) is 0 Å². The maximum atomic E-state index is 5.44. The van der Waals surface area contributed by atoms with E-state index in [1.165, 1.54) is 0 Å². The highest BCUT2D eigenvalue weighted by molar-refractivity contribution is 7.80. The van der Waals surface area contributed by atoms with Gasteiger partial charge in [0.2, 0.25) is 0 Å². The Balaban J connectivity index is 1.96. The highest BCUT2D eigenvalue weighted by Gasteiger charge is 2.14. The predicted molar refractivity (Wildman–Crippen MR) is 69.5 cm³/mol. The average molecular weight is 252 g/mol. The lowest BCUT2D eigenvalue weighted by atomic mass is 10.2. The van der Waals surface area contributed by atoms with Crippen LogP contribution in [0.1, 0.15) is 5.56 Å². The zero-order valence-electron chi connectivity index (χ0n) is 9.89. The van der Waals surface area contributed by atoms with Crippen molar-refractivity contribution in [2.45, 2.75) is 6.42 Å². The quantitative estimate of drug-likeness (QED) is 0.757. The van der Waals surface area contributed by atoms with Crippen LogP contribution in [0.25, 0.3) is 0 Å². The van der Waals surface area contributed by atoms with Gasteiger partial charge in [0.05, 0.1) is 31.5 Å². The summed E-state index contributed by atoms with van der Waals surface area (Å²) in [5.41, 5.74) is 1.08. The van der Waals surface area contributed by atoms with E-state index in [9.17, 15) is 0 Å². The van der Waals surface area contributed by atoms with Gasteiger partial charge >= 0.3 is 0 Å². The molecule has 4 nitrogen and oxygen atoms in total. The summed E-state index contributed by atoms with van der Waals surface area (Å²) in [6, 6.07) is 1.97. The van der Waals surface area contributed by atoms with Crippen LogP contribution in [0.4, 0.5) is 0 Å². The second-order valence-corrected chi connectivity index (χ2v) is 4.37. The van der Waals surface area contributed by atoms with E-state index in [1.54, 1.807) is 13.3 Å². The SMILES string of the molecule is COc1cncc(CC(=S)N2CCOCC2)c1. The van der Waals surface area contributed by atoms with E-state index in [1.807, 2.05) is 12.3 Å². The third kappa shape index (κ3) is 3.38. The minimum absolute atomic E-state index is 0.736. The van der Waals surface area contributed by atoms with Crippen molar-refractivity contribution in [1.82, 2.24) is 9.88 Å². The Hall–Kier alpha value is -1.20. The summed E-state index contributed by atoms with van der Waals surface area (Å²) in [5, 5.41) is 0. The minimum Gasteiger partial charge on any atom is -0.495 e. The van der Waals surface area contributed by atoms with Crippen LogP contribution in [0.2, 0.25) is 0 Å². The number of aromatic nitrogens is 1. The molecule has 1 aromatic heterocycles. The maximum Gasteiger partial charge on any atom is 0.137 e. The summed E-state index contributed by atoms with van der Waals surface area (Å²) < 4.78 is 10.4. The number of hydrogen-bond donors (Lipinski definition) is 0. The zero-order chi connectivity index (χ0) is 12.1. The van der Waals surface area contributed by atoms with Crippen molar-refractivity contribution in [1.29, 1.82) is 0 Å². The van der Waals surface area contributed by atoms with Crippen molar-refractivity contribution in [3.05, 3.63) is 24.0 Å². The van der Waals surface area contributed by atoms with E-state index in [0.717, 1.165) is 49.0 Å². The van der Waals surface area contributed by atoms with Crippen LogP contribution in [0.5, 0.6) is 5.75 Å². The number of nitrogens with zero attached hydrogens (tertiary/aromatic N) is 2. The lowest BCUT2D eigenvalue weighted by Crippen LogP contribution is -2.40. The van der Waals surface area contributed by atoms with Crippen molar-refractivity contribution in [2.75, 3.05) is 33.4 Å². The number of morpholine rings is 1. The Labute approximate surface area is 107 Å². The van der Waals surface area contributed by atoms with Crippen molar-refractivity contribution in [2.24, 2.45) is 0 Å². The fourth-order valence-corrected chi connectivity index (χ4v) is 2.12. The molecule has 2 heterocycles. The Bertz CT molecular complexity index is 392. The van der Waals surface area contributed by atoms with Crippen LogP contribution in [-0.4, -0.2) is 48.3 Å². The first-order valence-electron chi connectivity index (χ1n) is 5.63. The first kappa shape index (κ1) is 12.3. The molecule has 5 heteroatoms. The molecule has 92 valence electrons. The predicted octanol–water partition coefficient (Wildman–Crippen LogP) is 1.29. The van der Waals surface area contributed by atoms with Crippen molar-refractivity contribution < 1.29 is 9.47 Å². The van der Waals surface area contributed by atoms with Gasteiger partial charge in [-0.25, -0.2) is 0 Å². The number of thiocarbonyl (C=S) groups is 1. The number of rotatable bonds is 3. The summed E-state index contributed by atoms with van der Waals surface area (Å²) in [7, 11) is 1.64. The van der Waals surface area contributed by atoms with Gasteiger partial charge in [-0.05, 0) is 11.6 Å². The van der Waals surface area contributed by atoms with Crippen LogP contribution in [0.15, 0.2) is 18.5 Å². The molecule has 2 rings (SSSR count). The number of methoxy groups -OCH3 is 1. The van der Waals surface area contributed by atoms with E-state index < -0.39 is 0 Å². The van der Waals surface area contributed by atoms with E-state index in [0.29, 0.717) is 0 Å². The third-order valence-electron chi connectivity index (χ3n) is 2.72. The molecule has 17 heavy (non-hydrogen) atoms. The Morgan fingerprint density at radius 3 is 2.94 bits per heavy atom. The molecule has 0 aliphatic carbocycles. The zero-order valence-corrected chi connectivity index (χ0v) is 10.7. The molecular weight excluding hydrogens is 236 g/mol. The van der Waals surface area contributed by atoms with Gasteiger partial charge in [-0.2, -0.15) is 0 Å². The molecule has 0 spiro atoms. The molecule has 0 unspecified atom stereocenters. The van der Waals surface area contributed by atoms with Crippen LogP contribution in [0, 0.1) is 0 Å². The Kier molecular flexibility index (Phi) is 4.28. The number of pyridine rings is 1. The fraction of sp³-hybridized carbons (Fsp3) is 0.500. The standard InChI is InChI=1S/C12H16N2O2S/c1-15-11-6-10(8-13-9-11)7-12(17)14-2-4-16-5-3-14/h6,8-9H,2-5,7H2,1H3. The monoisotopic (exact) mass is 252 g/mol. The maximum absolute atomic E-state index is 5.44. The summed E-state index contributed by atoms with van der Waals surface area (Å²) in [6.07, 6.45) is 4.26. The Morgan fingerprint density at radius 1 is 1.47 bits per heavy atom. The van der Waals surface area contributed by atoms with Gasteiger partial charge < -0.3 is 14.4 Å². The van der Waals surface area contributed by atoms with Crippen LogP contribution in [-0.2, 0) is 11.2 Å². The van der Waals surface area contributed by atoms with Crippen LogP contribution < -0.4 is 4.74 Å². The molecule has 1 fully saturated rings. The molecule has 1 aliphatic heterocycles. The largest absolute Gasteiger partial charge is 0.495 e. The van der Waals surface area contributed by atoms with Crippen LogP contribution >= 0.6 is 12.2 Å².